The molecule has 3 nitrogen and oxygen atoms in total. The fourth-order valence-electron chi connectivity index (χ4n) is 1.24. The molecular formula is C12H16O3S. The van der Waals surface area contributed by atoms with Crippen LogP contribution in [-0.2, 0) is 10.5 Å². The molecule has 0 saturated carbocycles. The minimum atomic E-state index is -0.312. The first-order valence-electron chi connectivity index (χ1n) is 5.07. The molecule has 16 heavy (non-hydrogen) atoms. The summed E-state index contributed by atoms with van der Waals surface area (Å²) in [7, 11) is 1.38. The Kier molecular flexibility index (Phi) is 5.35. The van der Waals surface area contributed by atoms with Crippen molar-refractivity contribution in [1.82, 2.24) is 0 Å². The molecule has 0 spiro atoms. The van der Waals surface area contributed by atoms with Gasteiger partial charge in [-0.25, -0.2) is 4.79 Å². The largest absolute Gasteiger partial charge is 0.465 e. The third-order valence-electron chi connectivity index (χ3n) is 2.20. The molecule has 1 aromatic carbocycles. The van der Waals surface area contributed by atoms with Gasteiger partial charge in [-0.2, -0.15) is 11.8 Å². The molecule has 0 amide bonds. The Hall–Kier alpha value is -1.00. The van der Waals surface area contributed by atoms with Crippen molar-refractivity contribution in [3.63, 3.8) is 0 Å². The molecule has 0 bridgehead atoms. The summed E-state index contributed by atoms with van der Waals surface area (Å²) in [6.45, 7) is 2.09. The third kappa shape index (κ3) is 3.54. The van der Waals surface area contributed by atoms with Crippen LogP contribution in [0.5, 0.6) is 0 Å². The van der Waals surface area contributed by atoms with Crippen LogP contribution in [0.4, 0.5) is 0 Å². The standard InChI is InChI=1S/C12H16O3S/c1-9(7-13)16-8-10-5-3-4-6-11(10)12(14)15-2/h3-6,9,13H,7-8H2,1-2H3. The second-order valence-corrected chi connectivity index (χ2v) is 4.88. The Morgan fingerprint density at radius 3 is 2.81 bits per heavy atom. The lowest BCUT2D eigenvalue weighted by Crippen LogP contribution is -2.07. The van der Waals surface area contributed by atoms with Gasteiger partial charge < -0.3 is 9.84 Å². The van der Waals surface area contributed by atoms with E-state index in [1.165, 1.54) is 7.11 Å². The Bertz CT molecular complexity index is 352. The molecule has 4 heteroatoms. The van der Waals surface area contributed by atoms with Crippen LogP contribution in [0.3, 0.4) is 0 Å². The number of hydrogen-bond donors (Lipinski definition) is 1. The fraction of sp³-hybridized carbons (Fsp3) is 0.417. The van der Waals surface area contributed by atoms with Gasteiger partial charge in [0.25, 0.3) is 0 Å². The van der Waals surface area contributed by atoms with Gasteiger partial charge in [-0.1, -0.05) is 25.1 Å². The van der Waals surface area contributed by atoms with Gasteiger partial charge in [0.05, 0.1) is 19.3 Å². The number of aliphatic hydroxyl groups excluding tert-OH is 1. The summed E-state index contributed by atoms with van der Waals surface area (Å²) >= 11 is 1.61. The molecule has 0 aliphatic heterocycles. The van der Waals surface area contributed by atoms with E-state index in [0.717, 1.165) is 5.56 Å². The van der Waals surface area contributed by atoms with Crippen molar-refractivity contribution in [3.05, 3.63) is 35.4 Å². The third-order valence-corrected chi connectivity index (χ3v) is 3.40. The SMILES string of the molecule is COC(=O)c1ccccc1CSC(C)CO. The number of ether oxygens (including phenoxy) is 1. The number of rotatable bonds is 5. The number of aliphatic hydroxyl groups is 1. The number of benzene rings is 1. The van der Waals surface area contributed by atoms with Gasteiger partial charge in [0.15, 0.2) is 0 Å². The number of esters is 1. The van der Waals surface area contributed by atoms with E-state index in [1.54, 1.807) is 17.8 Å². The predicted molar refractivity (Wildman–Crippen MR) is 65.6 cm³/mol. The van der Waals surface area contributed by atoms with Crippen LogP contribution >= 0.6 is 11.8 Å². The number of thioether (sulfide) groups is 1. The predicted octanol–water partition coefficient (Wildman–Crippen LogP) is 2.09. The summed E-state index contributed by atoms with van der Waals surface area (Å²) in [6, 6.07) is 7.37. The number of carbonyl (C=O) groups excluding carboxylic acids is 1. The van der Waals surface area contributed by atoms with E-state index in [4.69, 9.17) is 9.84 Å². The summed E-state index contributed by atoms with van der Waals surface area (Å²) in [4.78, 5) is 11.5. The van der Waals surface area contributed by atoms with Crippen molar-refractivity contribution in [2.45, 2.75) is 17.9 Å². The van der Waals surface area contributed by atoms with E-state index >= 15 is 0 Å². The number of hydrogen-bond acceptors (Lipinski definition) is 4. The van der Waals surface area contributed by atoms with Crippen LogP contribution in [0.15, 0.2) is 24.3 Å². The van der Waals surface area contributed by atoms with Crippen molar-refractivity contribution in [1.29, 1.82) is 0 Å². The van der Waals surface area contributed by atoms with Crippen molar-refractivity contribution >= 4 is 17.7 Å². The highest BCUT2D eigenvalue weighted by Gasteiger charge is 2.11. The molecule has 0 fully saturated rings. The topological polar surface area (TPSA) is 46.5 Å². The highest BCUT2D eigenvalue weighted by molar-refractivity contribution is 7.99. The molecule has 0 saturated heterocycles. The smallest absolute Gasteiger partial charge is 0.338 e. The molecule has 1 unspecified atom stereocenters. The van der Waals surface area contributed by atoms with Gasteiger partial charge in [-0.3, -0.25) is 0 Å². The van der Waals surface area contributed by atoms with E-state index in [1.807, 2.05) is 25.1 Å². The molecule has 1 N–H and O–H groups in total. The summed E-state index contributed by atoms with van der Waals surface area (Å²) in [5.41, 5.74) is 1.54. The summed E-state index contributed by atoms with van der Waals surface area (Å²) in [5.74, 6) is 0.389. The highest BCUT2D eigenvalue weighted by Crippen LogP contribution is 2.20. The molecule has 1 rings (SSSR count). The van der Waals surface area contributed by atoms with Gasteiger partial charge in [0.2, 0.25) is 0 Å². The quantitative estimate of drug-likeness (QED) is 0.800. The summed E-state index contributed by atoms with van der Waals surface area (Å²) < 4.78 is 4.71. The second-order valence-electron chi connectivity index (χ2n) is 3.45. The Labute approximate surface area is 99.8 Å². The van der Waals surface area contributed by atoms with E-state index in [-0.39, 0.29) is 17.8 Å². The zero-order chi connectivity index (χ0) is 12.0. The molecule has 0 heterocycles. The van der Waals surface area contributed by atoms with Gasteiger partial charge in [-0.15, -0.1) is 0 Å². The van der Waals surface area contributed by atoms with Crippen LogP contribution in [0.25, 0.3) is 0 Å². The monoisotopic (exact) mass is 240 g/mol. The van der Waals surface area contributed by atoms with E-state index in [0.29, 0.717) is 11.3 Å². The van der Waals surface area contributed by atoms with Crippen LogP contribution in [0.1, 0.15) is 22.8 Å². The first-order chi connectivity index (χ1) is 7.69. The van der Waals surface area contributed by atoms with Crippen LogP contribution in [0, 0.1) is 0 Å². The van der Waals surface area contributed by atoms with Crippen LogP contribution in [-0.4, -0.2) is 30.0 Å². The number of carbonyl (C=O) groups is 1. The molecule has 0 aliphatic carbocycles. The zero-order valence-electron chi connectivity index (χ0n) is 9.47. The highest BCUT2D eigenvalue weighted by atomic mass is 32.2. The maximum atomic E-state index is 11.5. The summed E-state index contributed by atoms with van der Waals surface area (Å²) in [5, 5.41) is 9.10. The van der Waals surface area contributed by atoms with Crippen LogP contribution < -0.4 is 0 Å². The molecule has 0 aliphatic rings. The minimum Gasteiger partial charge on any atom is -0.465 e. The molecule has 88 valence electrons. The van der Waals surface area contributed by atoms with Crippen molar-refractivity contribution < 1.29 is 14.6 Å². The maximum absolute atomic E-state index is 11.5. The molecule has 1 atom stereocenters. The van der Waals surface area contributed by atoms with Crippen molar-refractivity contribution in [2.75, 3.05) is 13.7 Å². The Balaban J connectivity index is 2.75. The van der Waals surface area contributed by atoms with Gasteiger partial charge in [-0.05, 0) is 11.6 Å². The second kappa shape index (κ2) is 6.55. The van der Waals surface area contributed by atoms with Gasteiger partial charge in [0, 0.05) is 11.0 Å². The zero-order valence-corrected chi connectivity index (χ0v) is 10.3. The number of methoxy groups -OCH3 is 1. The van der Waals surface area contributed by atoms with E-state index in [2.05, 4.69) is 0 Å². The van der Waals surface area contributed by atoms with Crippen LogP contribution in [0.2, 0.25) is 0 Å². The van der Waals surface area contributed by atoms with E-state index in [9.17, 15) is 4.79 Å². The molecule has 1 aromatic rings. The lowest BCUT2D eigenvalue weighted by Gasteiger charge is -2.10. The Morgan fingerprint density at radius 1 is 1.50 bits per heavy atom. The normalized spacial score (nSPS) is 12.2. The van der Waals surface area contributed by atoms with Gasteiger partial charge in [0.1, 0.15) is 0 Å². The lowest BCUT2D eigenvalue weighted by molar-refractivity contribution is 0.0600. The average Bonchev–Trinajstić information content (AvgIpc) is 2.35. The minimum absolute atomic E-state index is 0.144. The fourth-order valence-corrected chi connectivity index (χ4v) is 2.06. The summed E-state index contributed by atoms with van der Waals surface area (Å²) in [6.07, 6.45) is 0. The first kappa shape index (κ1) is 13.1. The molecule has 0 aromatic heterocycles. The average molecular weight is 240 g/mol. The Morgan fingerprint density at radius 2 is 2.19 bits per heavy atom. The first-order valence-corrected chi connectivity index (χ1v) is 6.12. The molecule has 0 radical (unpaired) electrons. The van der Waals surface area contributed by atoms with E-state index < -0.39 is 0 Å². The molecular weight excluding hydrogens is 224 g/mol. The van der Waals surface area contributed by atoms with Gasteiger partial charge >= 0.3 is 5.97 Å². The van der Waals surface area contributed by atoms with Crippen molar-refractivity contribution in [2.24, 2.45) is 0 Å². The lowest BCUT2D eigenvalue weighted by atomic mass is 10.1. The van der Waals surface area contributed by atoms with Crippen molar-refractivity contribution in [3.8, 4) is 0 Å². The maximum Gasteiger partial charge on any atom is 0.338 e.